The molecule has 5 rings (SSSR count). The van der Waals surface area contributed by atoms with Gasteiger partial charge < -0.3 is 13.7 Å². The van der Waals surface area contributed by atoms with E-state index in [9.17, 15) is 13.2 Å². The molecule has 0 aromatic heterocycles. The lowest BCUT2D eigenvalue weighted by Gasteiger charge is -2.51. The van der Waals surface area contributed by atoms with Gasteiger partial charge in [-0.15, -0.1) is 0 Å². The predicted molar refractivity (Wildman–Crippen MR) is 87.9 cm³/mol. The molecule has 4 aliphatic rings. The molecular formula is C18H20O6S. The van der Waals surface area contributed by atoms with Crippen LogP contribution in [0.4, 0.5) is 0 Å². The van der Waals surface area contributed by atoms with Crippen LogP contribution in [0.2, 0.25) is 0 Å². The van der Waals surface area contributed by atoms with Crippen molar-refractivity contribution in [1.82, 2.24) is 0 Å². The Morgan fingerprint density at radius 2 is 1.92 bits per heavy atom. The van der Waals surface area contributed by atoms with Crippen LogP contribution in [-0.4, -0.2) is 33.7 Å². The van der Waals surface area contributed by atoms with Crippen molar-refractivity contribution in [3.8, 4) is 0 Å². The van der Waals surface area contributed by atoms with Crippen LogP contribution >= 0.6 is 0 Å². The molecule has 134 valence electrons. The van der Waals surface area contributed by atoms with Gasteiger partial charge in [-0.1, -0.05) is 17.7 Å². The number of carbonyl (C=O) groups excluding carboxylic acids is 1. The fourth-order valence-electron chi connectivity index (χ4n) is 4.31. The number of rotatable bonds is 4. The number of ketones is 1. The van der Waals surface area contributed by atoms with E-state index in [0.717, 1.165) is 5.56 Å². The van der Waals surface area contributed by atoms with E-state index in [1.165, 1.54) is 19.2 Å². The van der Waals surface area contributed by atoms with Crippen molar-refractivity contribution in [3.05, 3.63) is 41.7 Å². The van der Waals surface area contributed by atoms with E-state index in [-0.39, 0.29) is 22.4 Å². The molecule has 4 atom stereocenters. The van der Waals surface area contributed by atoms with E-state index in [4.69, 9.17) is 13.7 Å². The number of allylic oxidation sites excluding steroid dienone is 1. The first-order chi connectivity index (χ1) is 11.7. The summed E-state index contributed by atoms with van der Waals surface area (Å²) in [6, 6.07) is 6.45. The number of Topliss-reactive ketones (excluding diaryl/α,β-unsaturated/α-hetero) is 1. The number of aryl methyl sites for hydroxylation is 1. The Kier molecular flexibility index (Phi) is 3.45. The third kappa shape index (κ3) is 2.03. The van der Waals surface area contributed by atoms with Gasteiger partial charge in [-0.3, -0.25) is 4.79 Å². The number of hydrogen-bond acceptors (Lipinski definition) is 6. The molecular weight excluding hydrogens is 344 g/mol. The van der Waals surface area contributed by atoms with Gasteiger partial charge in [0.2, 0.25) is 5.79 Å². The van der Waals surface area contributed by atoms with Crippen LogP contribution < -0.4 is 0 Å². The predicted octanol–water partition coefficient (Wildman–Crippen LogP) is 2.18. The van der Waals surface area contributed by atoms with E-state index in [1.807, 2.05) is 6.92 Å². The molecule has 4 bridgehead atoms. The van der Waals surface area contributed by atoms with Crippen molar-refractivity contribution in [1.29, 1.82) is 0 Å². The van der Waals surface area contributed by atoms with Crippen LogP contribution in [0.25, 0.3) is 0 Å². The SMILES string of the molecule is CO[C@@]12OC[C@H]3C[C@H](C=C(OS(=O)(=O)c4ccc(C)cc4)[C@]31C)C2=O. The maximum absolute atomic E-state index is 12.7. The minimum absolute atomic E-state index is 0.0247. The fraction of sp³-hybridized carbons (Fsp3) is 0.500. The van der Waals surface area contributed by atoms with Crippen molar-refractivity contribution in [3.63, 3.8) is 0 Å². The molecule has 1 heterocycles. The third-order valence-corrected chi connectivity index (χ3v) is 7.10. The maximum Gasteiger partial charge on any atom is 0.338 e. The smallest absolute Gasteiger partial charge is 0.338 e. The van der Waals surface area contributed by atoms with E-state index >= 15 is 0 Å². The van der Waals surface area contributed by atoms with Crippen LogP contribution in [0.3, 0.4) is 0 Å². The zero-order valence-corrected chi connectivity index (χ0v) is 15.1. The number of benzene rings is 1. The van der Waals surface area contributed by atoms with Gasteiger partial charge in [-0.05, 0) is 38.5 Å². The third-order valence-electron chi connectivity index (χ3n) is 5.85. The molecule has 25 heavy (non-hydrogen) atoms. The molecule has 7 heteroatoms. The molecule has 0 unspecified atom stereocenters. The Morgan fingerprint density at radius 1 is 1.24 bits per heavy atom. The number of methoxy groups -OCH3 is 1. The summed E-state index contributed by atoms with van der Waals surface area (Å²) in [5.74, 6) is -1.85. The molecule has 1 aromatic carbocycles. The quantitative estimate of drug-likeness (QED) is 0.762. The zero-order chi connectivity index (χ0) is 18.0. The van der Waals surface area contributed by atoms with E-state index in [2.05, 4.69) is 0 Å². The minimum atomic E-state index is -4.00. The Labute approximate surface area is 146 Å². The average Bonchev–Trinajstić information content (AvgIpc) is 2.80. The minimum Gasteiger partial charge on any atom is -0.383 e. The van der Waals surface area contributed by atoms with Crippen molar-refractivity contribution >= 4 is 15.9 Å². The summed E-state index contributed by atoms with van der Waals surface area (Å²) in [5, 5.41) is 0. The highest BCUT2D eigenvalue weighted by Crippen LogP contribution is 2.63. The molecule has 1 saturated heterocycles. The second-order valence-electron chi connectivity index (χ2n) is 7.12. The molecule has 0 amide bonds. The number of carbonyl (C=O) groups is 1. The fourth-order valence-corrected chi connectivity index (χ4v) is 5.34. The van der Waals surface area contributed by atoms with Crippen molar-refractivity contribution in [2.45, 2.75) is 31.0 Å². The van der Waals surface area contributed by atoms with Crippen molar-refractivity contribution < 1.29 is 26.9 Å². The van der Waals surface area contributed by atoms with Gasteiger partial charge in [0.25, 0.3) is 0 Å². The van der Waals surface area contributed by atoms with Gasteiger partial charge in [0.15, 0.2) is 5.78 Å². The Bertz CT molecular complexity index is 871. The van der Waals surface area contributed by atoms with Crippen LogP contribution in [0.15, 0.2) is 41.0 Å². The van der Waals surface area contributed by atoms with Gasteiger partial charge in [0.05, 0.1) is 12.0 Å². The maximum atomic E-state index is 12.7. The van der Waals surface area contributed by atoms with Crippen LogP contribution in [0, 0.1) is 24.2 Å². The lowest BCUT2D eigenvalue weighted by molar-refractivity contribution is -0.240. The van der Waals surface area contributed by atoms with Gasteiger partial charge in [0, 0.05) is 18.9 Å². The summed E-state index contributed by atoms with van der Waals surface area (Å²) in [7, 11) is -2.58. The summed E-state index contributed by atoms with van der Waals surface area (Å²) >= 11 is 0. The first kappa shape index (κ1) is 16.8. The van der Waals surface area contributed by atoms with Gasteiger partial charge in [-0.25, -0.2) is 0 Å². The second-order valence-corrected chi connectivity index (χ2v) is 8.67. The van der Waals surface area contributed by atoms with Gasteiger partial charge in [-0.2, -0.15) is 8.42 Å². The zero-order valence-electron chi connectivity index (χ0n) is 14.3. The summed E-state index contributed by atoms with van der Waals surface area (Å²) in [6.45, 7) is 4.01. The van der Waals surface area contributed by atoms with E-state index in [1.54, 1.807) is 25.1 Å². The van der Waals surface area contributed by atoms with Gasteiger partial charge >= 0.3 is 10.1 Å². The highest BCUT2D eigenvalue weighted by atomic mass is 32.2. The first-order valence-corrected chi connectivity index (χ1v) is 9.62. The molecule has 1 aromatic rings. The van der Waals surface area contributed by atoms with Crippen LogP contribution in [0.1, 0.15) is 18.9 Å². The molecule has 0 N–H and O–H groups in total. The molecule has 1 aliphatic heterocycles. The summed E-state index contributed by atoms with van der Waals surface area (Å²) in [4.78, 5) is 12.8. The molecule has 1 saturated carbocycles. The number of ether oxygens (including phenoxy) is 2. The normalized spacial score (nSPS) is 36.4. The summed E-state index contributed by atoms with van der Waals surface area (Å²) in [6.07, 6.45) is 2.24. The van der Waals surface area contributed by atoms with Crippen LogP contribution in [-0.2, 0) is 28.6 Å². The molecule has 6 nitrogen and oxygen atoms in total. The topological polar surface area (TPSA) is 78.9 Å². The average molecular weight is 364 g/mol. The Morgan fingerprint density at radius 3 is 2.56 bits per heavy atom. The lowest BCUT2D eigenvalue weighted by atomic mass is 9.56. The van der Waals surface area contributed by atoms with Crippen molar-refractivity contribution in [2.24, 2.45) is 17.3 Å². The van der Waals surface area contributed by atoms with E-state index < -0.39 is 27.2 Å². The molecule has 0 spiro atoms. The molecule has 2 fully saturated rings. The Balaban J connectivity index is 1.76. The highest BCUT2D eigenvalue weighted by molar-refractivity contribution is 7.86. The standard InChI is InChI=1S/C18H20O6S/c1-11-4-6-14(7-5-11)25(20,21)24-15-9-12-8-13-10-23-18(22-3,16(12)19)17(13,15)2/h4-7,9,12-13H,8,10H2,1-3H3/t12-,13-,17+,18+/m1/s1. The van der Waals surface area contributed by atoms with Gasteiger partial charge in [0.1, 0.15) is 10.7 Å². The monoisotopic (exact) mass is 364 g/mol. The highest BCUT2D eigenvalue weighted by Gasteiger charge is 2.73. The largest absolute Gasteiger partial charge is 0.383 e. The lowest BCUT2D eigenvalue weighted by Crippen LogP contribution is -2.62. The molecule has 3 aliphatic carbocycles. The molecule has 0 radical (unpaired) electrons. The Hall–Kier alpha value is -1.70. The first-order valence-electron chi connectivity index (χ1n) is 8.21. The summed E-state index contributed by atoms with van der Waals surface area (Å²) in [5.41, 5.74) is 0.00274. The summed E-state index contributed by atoms with van der Waals surface area (Å²) < 4.78 is 42.2. The number of hydrogen-bond donors (Lipinski definition) is 0. The van der Waals surface area contributed by atoms with E-state index in [0.29, 0.717) is 13.0 Å². The van der Waals surface area contributed by atoms with Crippen molar-refractivity contribution in [2.75, 3.05) is 13.7 Å². The van der Waals surface area contributed by atoms with Crippen LogP contribution in [0.5, 0.6) is 0 Å². The second kappa shape index (κ2) is 5.16.